The average molecular weight is 487 g/mol. The number of aryl methyl sites for hydroxylation is 1. The molecule has 3 rings (SSSR count). The maximum Gasteiger partial charge on any atom is 0.243 e. The van der Waals surface area contributed by atoms with Crippen molar-refractivity contribution in [1.82, 2.24) is 14.1 Å². The fourth-order valence-electron chi connectivity index (χ4n) is 3.80. The SMILES string of the molecule is Cc1ccccc1CC(=O)N1CCN(CC(=O)Nc2ccc(S(=O)(=O)N(C)C(C)C)cc2)CC1. The van der Waals surface area contributed by atoms with Crippen molar-refractivity contribution in [3.63, 3.8) is 0 Å². The van der Waals surface area contributed by atoms with Crippen LogP contribution < -0.4 is 5.32 Å². The minimum atomic E-state index is -3.56. The summed E-state index contributed by atoms with van der Waals surface area (Å²) < 4.78 is 26.4. The summed E-state index contributed by atoms with van der Waals surface area (Å²) in [6.07, 6.45) is 0.395. The number of piperazine rings is 1. The highest BCUT2D eigenvalue weighted by atomic mass is 32.2. The lowest BCUT2D eigenvalue weighted by Gasteiger charge is -2.34. The summed E-state index contributed by atoms with van der Waals surface area (Å²) in [7, 11) is -2.01. The van der Waals surface area contributed by atoms with E-state index in [9.17, 15) is 18.0 Å². The summed E-state index contributed by atoms with van der Waals surface area (Å²) in [5.74, 6) is -0.0638. The molecule has 0 saturated carbocycles. The van der Waals surface area contributed by atoms with Gasteiger partial charge in [-0.15, -0.1) is 0 Å². The lowest BCUT2D eigenvalue weighted by molar-refractivity contribution is -0.132. The maximum absolute atomic E-state index is 12.6. The molecule has 1 aliphatic heterocycles. The van der Waals surface area contributed by atoms with E-state index in [0.717, 1.165) is 11.1 Å². The van der Waals surface area contributed by atoms with Gasteiger partial charge in [-0.25, -0.2) is 8.42 Å². The highest BCUT2D eigenvalue weighted by Crippen LogP contribution is 2.19. The molecule has 1 N–H and O–H groups in total. The molecule has 0 aromatic heterocycles. The largest absolute Gasteiger partial charge is 0.340 e. The second-order valence-corrected chi connectivity index (χ2v) is 10.9. The van der Waals surface area contributed by atoms with Crippen LogP contribution in [-0.4, -0.2) is 80.2 Å². The first-order valence-corrected chi connectivity index (χ1v) is 12.9. The van der Waals surface area contributed by atoms with Crippen LogP contribution in [0.1, 0.15) is 25.0 Å². The molecule has 0 radical (unpaired) electrons. The first kappa shape index (κ1) is 25.9. The van der Waals surface area contributed by atoms with Gasteiger partial charge in [0.1, 0.15) is 0 Å². The third-order valence-electron chi connectivity index (χ3n) is 6.24. The molecule has 1 saturated heterocycles. The molecule has 2 amide bonds. The summed E-state index contributed by atoms with van der Waals surface area (Å²) in [5.41, 5.74) is 2.70. The van der Waals surface area contributed by atoms with Crippen LogP contribution in [-0.2, 0) is 26.0 Å². The van der Waals surface area contributed by atoms with Crippen LogP contribution in [0.5, 0.6) is 0 Å². The minimum Gasteiger partial charge on any atom is -0.340 e. The summed E-state index contributed by atoms with van der Waals surface area (Å²) in [4.78, 5) is 29.2. The number of nitrogens with one attached hydrogen (secondary N) is 1. The quantitative estimate of drug-likeness (QED) is 0.619. The molecule has 34 heavy (non-hydrogen) atoms. The molecule has 8 nitrogen and oxygen atoms in total. The average Bonchev–Trinajstić information content (AvgIpc) is 2.80. The van der Waals surface area contributed by atoms with E-state index in [1.54, 1.807) is 19.2 Å². The van der Waals surface area contributed by atoms with Crippen LogP contribution in [0.15, 0.2) is 53.4 Å². The van der Waals surface area contributed by atoms with Crippen LogP contribution >= 0.6 is 0 Å². The van der Waals surface area contributed by atoms with Crippen LogP contribution in [0, 0.1) is 6.92 Å². The molecular weight excluding hydrogens is 452 g/mol. The van der Waals surface area contributed by atoms with Gasteiger partial charge in [0.25, 0.3) is 0 Å². The fraction of sp³-hybridized carbons (Fsp3) is 0.440. The van der Waals surface area contributed by atoms with Crippen molar-refractivity contribution in [3.05, 3.63) is 59.7 Å². The summed E-state index contributed by atoms with van der Waals surface area (Å²) in [6, 6.07) is 14.0. The number of carbonyl (C=O) groups is 2. The van der Waals surface area contributed by atoms with Crippen LogP contribution in [0.3, 0.4) is 0 Å². The molecular formula is C25H34N4O4S. The number of amides is 2. The normalized spacial score (nSPS) is 15.1. The molecule has 9 heteroatoms. The van der Waals surface area contributed by atoms with Crippen molar-refractivity contribution in [2.24, 2.45) is 0 Å². The topological polar surface area (TPSA) is 90.0 Å². The Balaban J connectivity index is 1.47. The Morgan fingerprint density at radius 3 is 2.21 bits per heavy atom. The number of hydrogen-bond donors (Lipinski definition) is 1. The van der Waals surface area contributed by atoms with Gasteiger partial charge in [0.15, 0.2) is 0 Å². The minimum absolute atomic E-state index is 0.108. The molecule has 0 aliphatic carbocycles. The van der Waals surface area contributed by atoms with Gasteiger partial charge >= 0.3 is 0 Å². The smallest absolute Gasteiger partial charge is 0.243 e. The van der Waals surface area contributed by atoms with Crippen molar-refractivity contribution < 1.29 is 18.0 Å². The number of hydrogen-bond acceptors (Lipinski definition) is 5. The zero-order chi connectivity index (χ0) is 24.9. The number of benzene rings is 2. The Kier molecular flexibility index (Phi) is 8.46. The second-order valence-electron chi connectivity index (χ2n) is 8.95. The van der Waals surface area contributed by atoms with E-state index in [2.05, 4.69) is 5.32 Å². The monoisotopic (exact) mass is 486 g/mol. The maximum atomic E-state index is 12.6. The van der Waals surface area contributed by atoms with Crippen LogP contribution in [0.25, 0.3) is 0 Å². The second kappa shape index (κ2) is 11.1. The van der Waals surface area contributed by atoms with Gasteiger partial charge in [0, 0.05) is 45.0 Å². The molecule has 1 aliphatic rings. The number of carbonyl (C=O) groups excluding carboxylic acids is 2. The van der Waals surface area contributed by atoms with Crippen molar-refractivity contribution in [2.75, 3.05) is 45.1 Å². The first-order valence-electron chi connectivity index (χ1n) is 11.5. The highest BCUT2D eigenvalue weighted by molar-refractivity contribution is 7.89. The van der Waals surface area contributed by atoms with Gasteiger partial charge < -0.3 is 10.2 Å². The molecule has 2 aromatic carbocycles. The lowest BCUT2D eigenvalue weighted by atomic mass is 10.1. The Morgan fingerprint density at radius 1 is 1.00 bits per heavy atom. The van der Waals surface area contributed by atoms with Crippen molar-refractivity contribution in [3.8, 4) is 0 Å². The number of nitrogens with zero attached hydrogens (tertiary/aromatic N) is 3. The third kappa shape index (κ3) is 6.43. The molecule has 0 bridgehead atoms. The first-order chi connectivity index (χ1) is 16.1. The van der Waals surface area contributed by atoms with E-state index >= 15 is 0 Å². The third-order valence-corrected chi connectivity index (χ3v) is 8.29. The molecule has 1 fully saturated rings. The van der Waals surface area contributed by atoms with Crippen LogP contribution in [0.4, 0.5) is 5.69 Å². The molecule has 0 unspecified atom stereocenters. The van der Waals surface area contributed by atoms with Crippen molar-refractivity contribution in [2.45, 2.75) is 38.1 Å². The number of rotatable bonds is 8. The Hall–Kier alpha value is -2.75. The summed E-state index contributed by atoms with van der Waals surface area (Å²) in [6.45, 7) is 8.29. The van der Waals surface area contributed by atoms with Gasteiger partial charge in [-0.2, -0.15) is 4.31 Å². The lowest BCUT2D eigenvalue weighted by Crippen LogP contribution is -2.50. The Labute approximate surface area is 202 Å². The molecule has 0 spiro atoms. The van der Waals surface area contributed by atoms with Gasteiger partial charge in [-0.3, -0.25) is 14.5 Å². The van der Waals surface area contributed by atoms with Crippen LogP contribution in [0.2, 0.25) is 0 Å². The number of anilines is 1. The zero-order valence-corrected chi connectivity index (χ0v) is 21.1. The summed E-state index contributed by atoms with van der Waals surface area (Å²) in [5, 5.41) is 2.82. The van der Waals surface area contributed by atoms with E-state index < -0.39 is 10.0 Å². The zero-order valence-electron chi connectivity index (χ0n) is 20.3. The van der Waals surface area contributed by atoms with Gasteiger partial charge in [-0.1, -0.05) is 24.3 Å². The van der Waals surface area contributed by atoms with Gasteiger partial charge in [-0.05, 0) is 56.2 Å². The van der Waals surface area contributed by atoms with Gasteiger partial charge in [0.05, 0.1) is 17.9 Å². The van der Waals surface area contributed by atoms with Crippen molar-refractivity contribution >= 4 is 27.5 Å². The molecule has 0 atom stereocenters. The van der Waals surface area contributed by atoms with E-state index in [1.165, 1.54) is 16.4 Å². The summed E-state index contributed by atoms with van der Waals surface area (Å²) >= 11 is 0. The van der Waals surface area contributed by atoms with E-state index in [0.29, 0.717) is 38.3 Å². The molecule has 1 heterocycles. The molecule has 184 valence electrons. The van der Waals surface area contributed by atoms with E-state index in [4.69, 9.17) is 0 Å². The van der Waals surface area contributed by atoms with E-state index in [1.807, 2.05) is 54.8 Å². The molecule has 2 aromatic rings. The fourth-order valence-corrected chi connectivity index (χ4v) is 5.16. The number of sulfonamides is 1. The predicted molar refractivity (Wildman–Crippen MR) is 133 cm³/mol. The standard InChI is InChI=1S/C25H34N4O4S/c1-19(2)27(4)34(32,33)23-11-9-22(10-12-23)26-24(30)18-28-13-15-29(16-14-28)25(31)17-21-8-6-5-7-20(21)3/h5-12,19H,13-18H2,1-4H3,(H,26,30). The predicted octanol–water partition coefficient (Wildman–Crippen LogP) is 2.35. The van der Waals surface area contributed by atoms with Crippen molar-refractivity contribution in [1.29, 1.82) is 0 Å². The Bertz CT molecular complexity index is 1110. The van der Waals surface area contributed by atoms with Gasteiger partial charge in [0.2, 0.25) is 21.8 Å². The highest BCUT2D eigenvalue weighted by Gasteiger charge is 2.24. The van der Waals surface area contributed by atoms with E-state index in [-0.39, 0.29) is 29.3 Å². The Morgan fingerprint density at radius 2 is 1.62 bits per heavy atom.